The van der Waals surface area contributed by atoms with Gasteiger partial charge >= 0.3 is 0 Å². The number of hydrogen-bond donors (Lipinski definition) is 2. The van der Waals surface area contributed by atoms with Crippen LogP contribution in [0.4, 0.5) is 0 Å². The first-order valence-electron chi connectivity index (χ1n) is 12.7. The summed E-state index contributed by atoms with van der Waals surface area (Å²) in [6, 6.07) is 0. The Balaban J connectivity index is 1.57. The lowest BCUT2D eigenvalue weighted by Gasteiger charge is -2.57. The normalized spacial score (nSPS) is 55.9. The highest BCUT2D eigenvalue weighted by Gasteiger charge is 2.66. The number of rotatable bonds is 2. The van der Waals surface area contributed by atoms with E-state index in [1.54, 1.807) is 0 Å². The Morgan fingerprint density at radius 3 is 1.38 bits per heavy atom. The zero-order valence-electron chi connectivity index (χ0n) is 17.8. The Bertz CT molecular complexity index is 533. The second kappa shape index (κ2) is 8.45. The van der Waals surface area contributed by atoms with Crippen molar-refractivity contribution in [1.29, 1.82) is 0 Å². The second-order valence-electron chi connectivity index (χ2n) is 11.3. The smallest absolute Gasteiger partial charge is 0.0703 e. The Morgan fingerprint density at radius 1 is 0.552 bits per heavy atom. The fourth-order valence-corrected chi connectivity index (χ4v) is 10.2. The molecular weight excluding hydrogens is 403 g/mol. The standard InChI is InChI=1S/C25H40Cl2O2/c26-21-13-15(9-11-23(21)28)25(16-10-12-24(29)22(27)14-16)19-7-3-1-5-17(19)18-6-2-4-8-20(18)25/h15-24,28-29H,1-14H2. The van der Waals surface area contributed by atoms with Gasteiger partial charge in [0, 0.05) is 0 Å². The van der Waals surface area contributed by atoms with Crippen LogP contribution >= 0.6 is 23.2 Å². The number of hydrogen-bond acceptors (Lipinski definition) is 2. The summed E-state index contributed by atoms with van der Waals surface area (Å²) in [5.74, 6) is 4.76. The van der Waals surface area contributed by atoms with E-state index in [1.807, 2.05) is 0 Å². The Morgan fingerprint density at radius 2 is 0.966 bits per heavy atom. The highest BCUT2D eigenvalue weighted by Crippen LogP contribution is 2.71. The first-order chi connectivity index (χ1) is 14.0. The molecule has 29 heavy (non-hydrogen) atoms. The summed E-state index contributed by atoms with van der Waals surface area (Å²) in [5.41, 5.74) is 0.358. The average Bonchev–Trinajstić information content (AvgIpc) is 3.04. The van der Waals surface area contributed by atoms with Crippen LogP contribution in [0.1, 0.15) is 89.9 Å². The van der Waals surface area contributed by atoms with E-state index in [1.165, 1.54) is 51.4 Å². The van der Waals surface area contributed by atoms with Crippen LogP contribution in [0.5, 0.6) is 0 Å². The molecule has 0 aromatic carbocycles. The molecule has 0 amide bonds. The summed E-state index contributed by atoms with van der Waals surface area (Å²) in [4.78, 5) is 0. The van der Waals surface area contributed by atoms with Gasteiger partial charge in [-0.3, -0.25) is 0 Å². The lowest BCUT2D eigenvalue weighted by atomic mass is 9.48. The maximum atomic E-state index is 10.4. The molecule has 5 aliphatic carbocycles. The molecule has 5 rings (SSSR count). The Labute approximate surface area is 187 Å². The third-order valence-corrected chi connectivity index (χ3v) is 11.3. The average molecular weight is 443 g/mol. The van der Waals surface area contributed by atoms with Crippen molar-refractivity contribution in [1.82, 2.24) is 0 Å². The van der Waals surface area contributed by atoms with Crippen LogP contribution in [-0.4, -0.2) is 33.2 Å². The van der Waals surface area contributed by atoms with Gasteiger partial charge < -0.3 is 10.2 Å². The van der Waals surface area contributed by atoms with E-state index in [-0.39, 0.29) is 23.0 Å². The van der Waals surface area contributed by atoms with Crippen molar-refractivity contribution in [2.45, 2.75) is 113 Å². The topological polar surface area (TPSA) is 40.5 Å². The van der Waals surface area contributed by atoms with Crippen LogP contribution in [-0.2, 0) is 0 Å². The van der Waals surface area contributed by atoms with Gasteiger partial charge in [0.25, 0.3) is 0 Å². The van der Waals surface area contributed by atoms with E-state index in [4.69, 9.17) is 23.2 Å². The van der Waals surface area contributed by atoms with Crippen LogP contribution in [0.3, 0.4) is 0 Å². The minimum absolute atomic E-state index is 0.0868. The van der Waals surface area contributed by atoms with Crippen molar-refractivity contribution in [3.8, 4) is 0 Å². The number of fused-ring (bicyclic) bond motifs is 3. The van der Waals surface area contributed by atoms with E-state index in [0.717, 1.165) is 62.2 Å². The summed E-state index contributed by atoms with van der Waals surface area (Å²) < 4.78 is 0. The van der Waals surface area contributed by atoms with Gasteiger partial charge in [-0.1, -0.05) is 25.7 Å². The quantitative estimate of drug-likeness (QED) is 0.504. The minimum Gasteiger partial charge on any atom is -0.392 e. The molecule has 4 heteroatoms. The van der Waals surface area contributed by atoms with Crippen molar-refractivity contribution < 1.29 is 10.2 Å². The van der Waals surface area contributed by atoms with Crippen molar-refractivity contribution in [3.63, 3.8) is 0 Å². The molecule has 0 bridgehead atoms. The molecule has 5 fully saturated rings. The van der Waals surface area contributed by atoms with Crippen molar-refractivity contribution in [3.05, 3.63) is 0 Å². The zero-order valence-corrected chi connectivity index (χ0v) is 19.3. The van der Waals surface area contributed by atoms with Crippen LogP contribution in [0.2, 0.25) is 0 Å². The largest absolute Gasteiger partial charge is 0.392 e. The maximum absolute atomic E-state index is 10.4. The molecular formula is C25H40Cl2O2. The monoisotopic (exact) mass is 442 g/mol. The van der Waals surface area contributed by atoms with Crippen LogP contribution < -0.4 is 0 Å². The lowest BCUT2D eigenvalue weighted by Crippen LogP contribution is -2.53. The molecule has 0 aromatic rings. The van der Waals surface area contributed by atoms with Crippen LogP contribution in [0.15, 0.2) is 0 Å². The van der Waals surface area contributed by atoms with Gasteiger partial charge in [-0.25, -0.2) is 0 Å². The van der Waals surface area contributed by atoms with Crippen molar-refractivity contribution in [2.75, 3.05) is 0 Å². The fraction of sp³-hybridized carbons (Fsp3) is 1.00. The molecule has 0 saturated heterocycles. The molecule has 0 radical (unpaired) electrons. The van der Waals surface area contributed by atoms with Gasteiger partial charge in [-0.2, -0.15) is 0 Å². The Hall–Kier alpha value is 0.500. The molecule has 10 atom stereocenters. The molecule has 5 saturated carbocycles. The number of aliphatic hydroxyl groups is 2. The van der Waals surface area contributed by atoms with Crippen molar-refractivity contribution in [2.24, 2.45) is 40.9 Å². The predicted octanol–water partition coefficient (Wildman–Crippen LogP) is 6.14. The summed E-state index contributed by atoms with van der Waals surface area (Å²) in [5, 5.41) is 20.6. The first-order valence-corrected chi connectivity index (χ1v) is 13.5. The summed E-state index contributed by atoms with van der Waals surface area (Å²) in [6.07, 6.45) is 16.6. The predicted molar refractivity (Wildman–Crippen MR) is 119 cm³/mol. The summed E-state index contributed by atoms with van der Waals surface area (Å²) in [6.45, 7) is 0. The molecule has 0 aromatic heterocycles. The van der Waals surface area contributed by atoms with Crippen molar-refractivity contribution >= 4 is 23.2 Å². The highest BCUT2D eigenvalue weighted by molar-refractivity contribution is 6.21. The fourth-order valence-electron chi connectivity index (χ4n) is 9.51. The van der Waals surface area contributed by atoms with Gasteiger partial charge in [0.05, 0.1) is 23.0 Å². The highest BCUT2D eigenvalue weighted by atomic mass is 35.5. The molecule has 2 N–H and O–H groups in total. The Kier molecular flexibility index (Phi) is 6.22. The molecule has 0 heterocycles. The summed E-state index contributed by atoms with van der Waals surface area (Å²) >= 11 is 13.5. The van der Waals surface area contributed by atoms with Gasteiger partial charge in [-0.15, -0.1) is 23.2 Å². The lowest BCUT2D eigenvalue weighted by molar-refractivity contribution is -0.0907. The maximum Gasteiger partial charge on any atom is 0.0703 e. The number of aliphatic hydroxyl groups excluding tert-OH is 2. The van der Waals surface area contributed by atoms with Gasteiger partial charge in [0.2, 0.25) is 0 Å². The van der Waals surface area contributed by atoms with E-state index >= 15 is 0 Å². The second-order valence-corrected chi connectivity index (χ2v) is 12.4. The minimum atomic E-state index is -0.329. The van der Waals surface area contributed by atoms with Gasteiger partial charge in [0.15, 0.2) is 0 Å². The molecule has 0 spiro atoms. The molecule has 0 aliphatic heterocycles. The van der Waals surface area contributed by atoms with E-state index in [0.29, 0.717) is 17.3 Å². The van der Waals surface area contributed by atoms with E-state index in [9.17, 15) is 10.2 Å². The molecule has 10 unspecified atom stereocenters. The molecule has 5 aliphatic rings. The number of alkyl halides is 2. The third-order valence-electron chi connectivity index (χ3n) is 10.4. The number of halogens is 2. The van der Waals surface area contributed by atoms with Crippen LogP contribution in [0, 0.1) is 40.9 Å². The third kappa shape index (κ3) is 3.42. The summed E-state index contributed by atoms with van der Waals surface area (Å²) in [7, 11) is 0. The zero-order chi connectivity index (χ0) is 20.2. The van der Waals surface area contributed by atoms with Gasteiger partial charge in [0.1, 0.15) is 0 Å². The van der Waals surface area contributed by atoms with Crippen LogP contribution in [0.25, 0.3) is 0 Å². The van der Waals surface area contributed by atoms with E-state index < -0.39 is 0 Å². The molecule has 2 nitrogen and oxygen atoms in total. The van der Waals surface area contributed by atoms with Gasteiger partial charge in [-0.05, 0) is 105 Å². The van der Waals surface area contributed by atoms with E-state index in [2.05, 4.69) is 0 Å². The first kappa shape index (κ1) is 21.4. The SMILES string of the molecule is OC1CCC(C2(C3CCC(O)C(Cl)C3)C3CCCCC3C3CCCCC32)CC1Cl. The molecule has 166 valence electrons.